The normalized spacial score (nSPS) is 12.5. The number of benzene rings is 1. The third kappa shape index (κ3) is 3.34. The highest BCUT2D eigenvalue weighted by atomic mass is 19.1. The summed E-state index contributed by atoms with van der Waals surface area (Å²) in [4.78, 5) is 0. The minimum atomic E-state index is -0.466. The van der Waals surface area contributed by atoms with E-state index >= 15 is 0 Å². The SMILES string of the molecule is CC(N)Cc1ccccc1OCCF. The van der Waals surface area contributed by atoms with Crippen LogP contribution in [0.15, 0.2) is 24.3 Å². The maximum Gasteiger partial charge on any atom is 0.123 e. The summed E-state index contributed by atoms with van der Waals surface area (Å²) in [6.45, 7) is 1.58. The molecule has 0 saturated heterocycles. The van der Waals surface area contributed by atoms with Crippen LogP contribution in [0.3, 0.4) is 0 Å². The van der Waals surface area contributed by atoms with Gasteiger partial charge in [0.2, 0.25) is 0 Å². The number of para-hydroxylation sites is 1. The second-order valence-corrected chi connectivity index (χ2v) is 3.33. The van der Waals surface area contributed by atoms with E-state index in [1.165, 1.54) is 0 Å². The molecular weight excluding hydrogens is 181 g/mol. The lowest BCUT2D eigenvalue weighted by Gasteiger charge is -2.11. The van der Waals surface area contributed by atoms with E-state index in [4.69, 9.17) is 10.5 Å². The van der Waals surface area contributed by atoms with Crippen molar-refractivity contribution in [1.29, 1.82) is 0 Å². The van der Waals surface area contributed by atoms with Crippen LogP contribution >= 0.6 is 0 Å². The Morgan fingerprint density at radius 1 is 1.43 bits per heavy atom. The summed E-state index contributed by atoms with van der Waals surface area (Å²) in [5.74, 6) is 0.738. The highest BCUT2D eigenvalue weighted by Gasteiger charge is 2.04. The summed E-state index contributed by atoms with van der Waals surface area (Å²) in [5, 5.41) is 0. The zero-order valence-corrected chi connectivity index (χ0v) is 8.37. The Morgan fingerprint density at radius 2 is 2.14 bits per heavy atom. The van der Waals surface area contributed by atoms with Crippen molar-refractivity contribution < 1.29 is 9.13 Å². The van der Waals surface area contributed by atoms with Crippen molar-refractivity contribution in [3.8, 4) is 5.75 Å². The van der Waals surface area contributed by atoms with Crippen molar-refractivity contribution >= 4 is 0 Å². The molecule has 1 unspecified atom stereocenters. The van der Waals surface area contributed by atoms with Crippen LogP contribution in [0.2, 0.25) is 0 Å². The van der Waals surface area contributed by atoms with Gasteiger partial charge in [-0.1, -0.05) is 18.2 Å². The topological polar surface area (TPSA) is 35.2 Å². The summed E-state index contributed by atoms with van der Waals surface area (Å²) in [6.07, 6.45) is 0.752. The van der Waals surface area contributed by atoms with Crippen LogP contribution in [-0.2, 0) is 6.42 Å². The second kappa shape index (κ2) is 5.60. The smallest absolute Gasteiger partial charge is 0.123 e. The van der Waals surface area contributed by atoms with Crippen molar-refractivity contribution in [2.75, 3.05) is 13.3 Å². The Labute approximate surface area is 83.9 Å². The van der Waals surface area contributed by atoms with Crippen LogP contribution in [0.5, 0.6) is 5.75 Å². The van der Waals surface area contributed by atoms with Gasteiger partial charge in [0.1, 0.15) is 19.0 Å². The molecule has 0 amide bonds. The molecule has 0 spiro atoms. The molecule has 0 heterocycles. The largest absolute Gasteiger partial charge is 0.491 e. The van der Waals surface area contributed by atoms with Crippen LogP contribution in [-0.4, -0.2) is 19.3 Å². The van der Waals surface area contributed by atoms with Gasteiger partial charge in [-0.05, 0) is 25.0 Å². The number of hydrogen-bond donors (Lipinski definition) is 1. The lowest BCUT2D eigenvalue weighted by atomic mass is 10.1. The van der Waals surface area contributed by atoms with Gasteiger partial charge < -0.3 is 10.5 Å². The van der Waals surface area contributed by atoms with E-state index in [0.717, 1.165) is 17.7 Å². The summed E-state index contributed by atoms with van der Waals surface area (Å²) in [7, 11) is 0. The van der Waals surface area contributed by atoms with Gasteiger partial charge in [0.05, 0.1) is 0 Å². The molecule has 2 nitrogen and oxygen atoms in total. The molecule has 78 valence electrons. The molecule has 0 aliphatic rings. The molecule has 1 aromatic carbocycles. The molecule has 0 radical (unpaired) electrons. The molecule has 0 aliphatic heterocycles. The zero-order chi connectivity index (χ0) is 10.4. The molecule has 2 N–H and O–H groups in total. The summed E-state index contributed by atoms with van der Waals surface area (Å²) >= 11 is 0. The van der Waals surface area contributed by atoms with E-state index in [0.29, 0.717) is 0 Å². The summed E-state index contributed by atoms with van der Waals surface area (Å²) in [6, 6.07) is 7.69. The number of halogens is 1. The zero-order valence-electron chi connectivity index (χ0n) is 8.37. The predicted molar refractivity (Wildman–Crippen MR) is 55.3 cm³/mol. The van der Waals surface area contributed by atoms with E-state index in [-0.39, 0.29) is 12.6 Å². The molecular formula is C11H16FNO. The van der Waals surface area contributed by atoms with E-state index in [1.54, 1.807) is 0 Å². The Balaban J connectivity index is 2.69. The molecule has 3 heteroatoms. The van der Waals surface area contributed by atoms with Gasteiger partial charge in [0.15, 0.2) is 0 Å². The van der Waals surface area contributed by atoms with Crippen molar-refractivity contribution in [1.82, 2.24) is 0 Å². The van der Waals surface area contributed by atoms with Crippen molar-refractivity contribution in [3.05, 3.63) is 29.8 Å². The van der Waals surface area contributed by atoms with Crippen LogP contribution < -0.4 is 10.5 Å². The van der Waals surface area contributed by atoms with Crippen molar-refractivity contribution in [2.24, 2.45) is 5.73 Å². The average molecular weight is 197 g/mol. The first-order chi connectivity index (χ1) is 6.74. The first kappa shape index (κ1) is 11.0. The molecule has 1 rings (SSSR count). The van der Waals surface area contributed by atoms with Crippen molar-refractivity contribution in [3.63, 3.8) is 0 Å². The Hall–Kier alpha value is -1.09. The highest BCUT2D eigenvalue weighted by molar-refractivity contribution is 5.33. The van der Waals surface area contributed by atoms with Crippen LogP contribution in [0.25, 0.3) is 0 Å². The number of alkyl halides is 1. The minimum absolute atomic E-state index is 0.0881. The summed E-state index contributed by atoms with van der Waals surface area (Å²) in [5.41, 5.74) is 6.73. The van der Waals surface area contributed by atoms with E-state index in [2.05, 4.69) is 0 Å². The third-order valence-electron chi connectivity index (χ3n) is 1.85. The van der Waals surface area contributed by atoms with Gasteiger partial charge in [-0.15, -0.1) is 0 Å². The molecule has 0 bridgehead atoms. The first-order valence-corrected chi connectivity index (χ1v) is 4.76. The standard InChI is InChI=1S/C11H16FNO/c1-9(13)8-10-4-2-3-5-11(10)14-7-6-12/h2-5,9H,6-8,13H2,1H3. The molecule has 1 aromatic rings. The molecule has 1 atom stereocenters. The monoisotopic (exact) mass is 197 g/mol. The Kier molecular flexibility index (Phi) is 4.40. The lowest BCUT2D eigenvalue weighted by molar-refractivity contribution is 0.270. The molecule has 14 heavy (non-hydrogen) atoms. The lowest BCUT2D eigenvalue weighted by Crippen LogP contribution is -2.18. The van der Waals surface area contributed by atoms with E-state index in [1.807, 2.05) is 31.2 Å². The Bertz CT molecular complexity index is 276. The average Bonchev–Trinajstić information content (AvgIpc) is 2.16. The van der Waals surface area contributed by atoms with Gasteiger partial charge in [-0.2, -0.15) is 0 Å². The van der Waals surface area contributed by atoms with Crippen LogP contribution in [0.1, 0.15) is 12.5 Å². The number of ether oxygens (including phenoxy) is 1. The second-order valence-electron chi connectivity index (χ2n) is 3.33. The van der Waals surface area contributed by atoms with Gasteiger partial charge in [0.25, 0.3) is 0 Å². The van der Waals surface area contributed by atoms with Crippen LogP contribution in [0.4, 0.5) is 4.39 Å². The maximum atomic E-state index is 11.9. The quantitative estimate of drug-likeness (QED) is 0.782. The fraction of sp³-hybridized carbons (Fsp3) is 0.455. The van der Waals surface area contributed by atoms with E-state index < -0.39 is 6.67 Å². The predicted octanol–water partition coefficient (Wildman–Crippen LogP) is 1.92. The number of hydrogen-bond acceptors (Lipinski definition) is 2. The molecule has 0 aromatic heterocycles. The minimum Gasteiger partial charge on any atom is -0.491 e. The van der Waals surface area contributed by atoms with Crippen molar-refractivity contribution in [2.45, 2.75) is 19.4 Å². The molecule has 0 saturated carbocycles. The van der Waals surface area contributed by atoms with Gasteiger partial charge >= 0.3 is 0 Å². The molecule has 0 aliphatic carbocycles. The van der Waals surface area contributed by atoms with E-state index in [9.17, 15) is 4.39 Å². The van der Waals surface area contributed by atoms with Crippen LogP contribution in [0, 0.1) is 0 Å². The number of nitrogens with two attached hydrogens (primary N) is 1. The maximum absolute atomic E-state index is 11.9. The van der Waals surface area contributed by atoms with Gasteiger partial charge in [-0.3, -0.25) is 0 Å². The number of rotatable bonds is 5. The first-order valence-electron chi connectivity index (χ1n) is 4.76. The Morgan fingerprint density at radius 3 is 2.79 bits per heavy atom. The molecule has 0 fully saturated rings. The summed E-state index contributed by atoms with van der Waals surface area (Å²) < 4.78 is 17.2. The fourth-order valence-electron chi connectivity index (χ4n) is 1.31. The third-order valence-corrected chi connectivity index (χ3v) is 1.85. The fourth-order valence-corrected chi connectivity index (χ4v) is 1.31. The highest BCUT2D eigenvalue weighted by Crippen LogP contribution is 2.19. The van der Waals surface area contributed by atoms with Gasteiger partial charge in [-0.25, -0.2) is 4.39 Å². The van der Waals surface area contributed by atoms with Gasteiger partial charge in [0, 0.05) is 6.04 Å².